The molecule has 8 heteroatoms. The van der Waals surface area contributed by atoms with Gasteiger partial charge in [-0.2, -0.15) is 0 Å². The molecule has 2 N–H and O–H groups in total. The molecule has 0 spiro atoms. The van der Waals surface area contributed by atoms with Crippen LogP contribution >= 0.6 is 11.6 Å². The van der Waals surface area contributed by atoms with Crippen LogP contribution in [0.3, 0.4) is 0 Å². The van der Waals surface area contributed by atoms with Crippen molar-refractivity contribution in [3.05, 3.63) is 64.2 Å². The van der Waals surface area contributed by atoms with E-state index in [4.69, 9.17) is 11.6 Å². The van der Waals surface area contributed by atoms with E-state index in [0.29, 0.717) is 31.2 Å². The Labute approximate surface area is 195 Å². The second-order valence-corrected chi connectivity index (χ2v) is 8.38. The highest BCUT2D eigenvalue weighted by molar-refractivity contribution is 6.31. The zero-order valence-electron chi connectivity index (χ0n) is 19.0. The minimum absolute atomic E-state index is 0.0673. The van der Waals surface area contributed by atoms with Crippen molar-refractivity contribution in [2.75, 3.05) is 44.7 Å². The fourth-order valence-electron chi connectivity index (χ4n) is 3.79. The molecule has 0 bridgehead atoms. The van der Waals surface area contributed by atoms with Crippen molar-refractivity contribution < 1.29 is 9.59 Å². The van der Waals surface area contributed by atoms with E-state index in [1.54, 1.807) is 17.0 Å². The lowest BCUT2D eigenvalue weighted by Crippen LogP contribution is -2.47. The third-order valence-corrected chi connectivity index (χ3v) is 5.92. The van der Waals surface area contributed by atoms with Crippen molar-refractivity contribution in [1.29, 1.82) is 0 Å². The van der Waals surface area contributed by atoms with Gasteiger partial charge < -0.3 is 10.2 Å². The van der Waals surface area contributed by atoms with E-state index in [0.717, 1.165) is 17.8 Å². The highest BCUT2D eigenvalue weighted by Crippen LogP contribution is 2.25. The van der Waals surface area contributed by atoms with Crippen molar-refractivity contribution in [2.24, 2.45) is 0 Å². The van der Waals surface area contributed by atoms with E-state index in [2.05, 4.69) is 22.8 Å². The Morgan fingerprint density at radius 1 is 1.03 bits per heavy atom. The molecule has 0 radical (unpaired) electrons. The summed E-state index contributed by atoms with van der Waals surface area (Å²) in [6, 6.07) is 13.7. The number of hydrazine groups is 1. The minimum Gasteiger partial charge on any atom is -0.315 e. The molecule has 2 amide bonds. The van der Waals surface area contributed by atoms with Crippen LogP contribution in [0, 0.1) is 6.92 Å². The van der Waals surface area contributed by atoms with Crippen molar-refractivity contribution >= 4 is 29.1 Å². The van der Waals surface area contributed by atoms with Crippen LogP contribution in [-0.2, 0) is 22.7 Å². The summed E-state index contributed by atoms with van der Waals surface area (Å²) in [5.41, 5.74) is 4.25. The van der Waals surface area contributed by atoms with E-state index in [1.165, 1.54) is 11.1 Å². The smallest absolute Gasteiger partial charge is 0.250 e. The van der Waals surface area contributed by atoms with Crippen molar-refractivity contribution in [1.82, 2.24) is 20.7 Å². The molecule has 0 saturated heterocycles. The first kappa shape index (κ1) is 24.2. The van der Waals surface area contributed by atoms with Crippen molar-refractivity contribution in [3.63, 3.8) is 0 Å². The van der Waals surface area contributed by atoms with Gasteiger partial charge in [0, 0.05) is 43.9 Å². The fourth-order valence-corrected chi connectivity index (χ4v) is 3.96. The summed E-state index contributed by atoms with van der Waals surface area (Å²) >= 11 is 6.18. The lowest BCUT2D eigenvalue weighted by molar-refractivity contribution is -0.145. The molecule has 1 aliphatic rings. The van der Waals surface area contributed by atoms with Gasteiger partial charge in [-0.25, -0.2) is 5.01 Å². The van der Waals surface area contributed by atoms with E-state index >= 15 is 0 Å². The molecular weight excluding hydrogens is 426 g/mol. The molecule has 0 atom stereocenters. The zero-order valence-corrected chi connectivity index (χ0v) is 19.8. The minimum atomic E-state index is -0.0997. The van der Waals surface area contributed by atoms with Gasteiger partial charge in [0.1, 0.15) is 0 Å². The number of benzene rings is 2. The Morgan fingerprint density at radius 2 is 1.69 bits per heavy atom. The number of carbonyl (C=O) groups excluding carboxylic acids is 2. The van der Waals surface area contributed by atoms with E-state index < -0.39 is 0 Å². The predicted molar refractivity (Wildman–Crippen MR) is 128 cm³/mol. The van der Waals surface area contributed by atoms with Crippen LogP contribution in [0.5, 0.6) is 0 Å². The second kappa shape index (κ2) is 11.4. The van der Waals surface area contributed by atoms with Gasteiger partial charge in [0.25, 0.3) is 5.91 Å². The maximum atomic E-state index is 13.0. The predicted octanol–water partition coefficient (Wildman–Crippen LogP) is 2.57. The van der Waals surface area contributed by atoms with Crippen LogP contribution in [0.1, 0.15) is 23.6 Å². The maximum absolute atomic E-state index is 13.0. The monoisotopic (exact) mass is 457 g/mol. The molecule has 0 aromatic heterocycles. The Balaban J connectivity index is 1.55. The normalized spacial score (nSPS) is 13.1. The van der Waals surface area contributed by atoms with Crippen LogP contribution < -0.4 is 15.5 Å². The molecule has 2 aromatic carbocycles. The summed E-state index contributed by atoms with van der Waals surface area (Å²) in [4.78, 5) is 27.4. The SMILES string of the molecule is CCNCCN(C(=O)CNCC(=O)N(C)N1Cc2ccccc2C1)c1cc(Cl)ccc1C. The molecule has 0 fully saturated rings. The van der Waals surface area contributed by atoms with Gasteiger partial charge in [-0.3, -0.25) is 19.9 Å². The molecule has 2 aromatic rings. The molecular formula is C24H32ClN5O2. The van der Waals surface area contributed by atoms with Gasteiger partial charge in [-0.15, -0.1) is 0 Å². The number of hydrogen-bond acceptors (Lipinski definition) is 5. The summed E-state index contributed by atoms with van der Waals surface area (Å²) in [6.07, 6.45) is 0. The number of hydrogen-bond donors (Lipinski definition) is 2. The summed E-state index contributed by atoms with van der Waals surface area (Å²) in [6.45, 7) is 7.59. The second-order valence-electron chi connectivity index (χ2n) is 7.94. The van der Waals surface area contributed by atoms with Crippen LogP contribution in [0.2, 0.25) is 5.02 Å². The highest BCUT2D eigenvalue weighted by atomic mass is 35.5. The first-order valence-electron chi connectivity index (χ1n) is 11.0. The number of halogens is 1. The van der Waals surface area contributed by atoms with Gasteiger partial charge in [-0.05, 0) is 42.3 Å². The molecule has 0 aliphatic carbocycles. The maximum Gasteiger partial charge on any atom is 0.250 e. The largest absolute Gasteiger partial charge is 0.315 e. The van der Waals surface area contributed by atoms with E-state index in [1.807, 2.05) is 49.2 Å². The fraction of sp³-hybridized carbons (Fsp3) is 0.417. The Morgan fingerprint density at radius 3 is 2.34 bits per heavy atom. The average molecular weight is 458 g/mol. The number of anilines is 1. The number of amides is 2. The molecule has 0 unspecified atom stereocenters. The molecule has 0 saturated carbocycles. The number of likely N-dealkylation sites (N-methyl/N-ethyl adjacent to an activating group) is 2. The van der Waals surface area contributed by atoms with Crippen LogP contribution in [0.4, 0.5) is 5.69 Å². The van der Waals surface area contributed by atoms with Crippen LogP contribution in [-0.4, -0.2) is 61.6 Å². The Bertz CT molecular complexity index is 927. The third kappa shape index (κ3) is 6.07. The van der Waals surface area contributed by atoms with Gasteiger partial charge in [0.2, 0.25) is 5.91 Å². The molecule has 1 aliphatic heterocycles. The zero-order chi connectivity index (χ0) is 23.1. The third-order valence-electron chi connectivity index (χ3n) is 5.69. The van der Waals surface area contributed by atoms with Gasteiger partial charge >= 0.3 is 0 Å². The first-order valence-corrected chi connectivity index (χ1v) is 11.3. The molecule has 7 nitrogen and oxygen atoms in total. The number of rotatable bonds is 10. The summed E-state index contributed by atoms with van der Waals surface area (Å²) in [7, 11) is 1.77. The molecule has 32 heavy (non-hydrogen) atoms. The van der Waals surface area contributed by atoms with Crippen molar-refractivity contribution in [2.45, 2.75) is 26.9 Å². The van der Waals surface area contributed by atoms with Gasteiger partial charge in [0.05, 0.1) is 13.1 Å². The highest BCUT2D eigenvalue weighted by Gasteiger charge is 2.25. The van der Waals surface area contributed by atoms with Crippen LogP contribution in [0.25, 0.3) is 0 Å². The molecule has 3 rings (SSSR count). The molecule has 1 heterocycles. The average Bonchev–Trinajstić information content (AvgIpc) is 3.22. The summed E-state index contributed by atoms with van der Waals surface area (Å²) < 4.78 is 0. The van der Waals surface area contributed by atoms with Gasteiger partial charge in [-0.1, -0.05) is 48.9 Å². The van der Waals surface area contributed by atoms with Crippen LogP contribution in [0.15, 0.2) is 42.5 Å². The number of aryl methyl sites for hydroxylation is 1. The molecule has 172 valence electrons. The van der Waals surface area contributed by atoms with Gasteiger partial charge in [0.15, 0.2) is 0 Å². The topological polar surface area (TPSA) is 67.9 Å². The van der Waals surface area contributed by atoms with Crippen molar-refractivity contribution in [3.8, 4) is 0 Å². The lowest BCUT2D eigenvalue weighted by atomic mass is 10.1. The van der Waals surface area contributed by atoms with E-state index in [9.17, 15) is 9.59 Å². The quantitative estimate of drug-likeness (QED) is 0.537. The van der Waals surface area contributed by atoms with E-state index in [-0.39, 0.29) is 24.9 Å². The summed E-state index contributed by atoms with van der Waals surface area (Å²) in [5, 5.41) is 10.5. The number of fused-ring (bicyclic) bond motifs is 1. The number of nitrogens with one attached hydrogen (secondary N) is 2. The Kier molecular flexibility index (Phi) is 8.64. The number of nitrogens with zero attached hydrogens (tertiary/aromatic N) is 3. The number of carbonyl (C=O) groups is 2. The lowest BCUT2D eigenvalue weighted by Gasteiger charge is -2.28. The first-order chi connectivity index (χ1) is 15.4. The Hall–Kier alpha value is -2.45. The standard InChI is InChI=1S/C24H32ClN5O2/c1-4-26-11-12-30(22-13-21(25)10-9-18(22)2)24(32)15-27-14-23(31)28(3)29-16-19-7-5-6-8-20(19)17-29/h5-10,13,26-27H,4,11-12,14-17H2,1-3H3. The summed E-state index contributed by atoms with van der Waals surface area (Å²) in [5.74, 6) is -0.180.